The van der Waals surface area contributed by atoms with Gasteiger partial charge < -0.3 is 15.6 Å². The quantitative estimate of drug-likeness (QED) is 0.219. The molecule has 2 heterocycles. The van der Waals surface area contributed by atoms with Gasteiger partial charge in [-0.1, -0.05) is 6.07 Å². The molecule has 3 N–H and O–H groups in total. The third kappa shape index (κ3) is 7.49. The predicted molar refractivity (Wildman–Crippen MR) is 143 cm³/mol. The molecule has 1 fully saturated rings. The van der Waals surface area contributed by atoms with Gasteiger partial charge in [0, 0.05) is 18.5 Å². The molecule has 242 valence electrons. The number of alkyl halides is 8. The Morgan fingerprint density at radius 2 is 1.77 bits per heavy atom. The van der Waals surface area contributed by atoms with E-state index in [1.54, 1.807) is 18.2 Å². The van der Waals surface area contributed by atoms with Crippen LogP contribution in [0.4, 0.5) is 35.1 Å². The smallest absolute Gasteiger partial charge is 0.271 e. The van der Waals surface area contributed by atoms with Crippen molar-refractivity contribution in [3.63, 3.8) is 0 Å². The minimum absolute atomic E-state index is 0.0185. The van der Waals surface area contributed by atoms with Crippen LogP contribution in [0.3, 0.4) is 0 Å². The van der Waals surface area contributed by atoms with Crippen LogP contribution in [-0.2, 0) is 11.3 Å². The molecule has 2 amide bonds. The number of carbonyl (C=O) groups is 2. The van der Waals surface area contributed by atoms with Crippen LogP contribution in [0.5, 0.6) is 0 Å². The van der Waals surface area contributed by atoms with Crippen LogP contribution in [0.25, 0.3) is 11.0 Å². The van der Waals surface area contributed by atoms with Gasteiger partial charge in [-0.05, 0) is 50.3 Å². The summed E-state index contributed by atoms with van der Waals surface area (Å²) < 4.78 is 107. The number of benzene rings is 1. The number of imidazole rings is 1. The number of halogens is 8. The number of hydrogen-bond donors (Lipinski definition) is 3. The average molecular weight is 637 g/mol. The molecule has 0 saturated heterocycles. The molecule has 1 saturated carbocycles. The van der Waals surface area contributed by atoms with Gasteiger partial charge in [0.05, 0.1) is 41.4 Å². The zero-order chi connectivity index (χ0) is 32.3. The minimum atomic E-state index is -3.23. The summed E-state index contributed by atoms with van der Waals surface area (Å²) in [5.74, 6) is -5.10. The SMILES string of the molecule is Cc1c(C(=O)N[C@H](c2nc3ccc([C@@H](C)NC(=O)C(F)C(F)CF)cc3[nH]2)C2CCC(F)(F)CC2)cnn1CC(F)C(F)F. The van der Waals surface area contributed by atoms with Crippen LogP contribution in [0.15, 0.2) is 24.4 Å². The molecule has 2 aromatic heterocycles. The van der Waals surface area contributed by atoms with Crippen LogP contribution >= 0.6 is 0 Å². The summed E-state index contributed by atoms with van der Waals surface area (Å²) in [6.07, 6.45) is -10.6. The Kier molecular flexibility index (Phi) is 10.2. The molecule has 3 unspecified atom stereocenters. The van der Waals surface area contributed by atoms with Gasteiger partial charge in [-0.2, -0.15) is 5.10 Å². The van der Waals surface area contributed by atoms with E-state index in [1.807, 2.05) is 0 Å². The number of nitrogens with one attached hydrogen (secondary N) is 3. The molecule has 0 aliphatic heterocycles. The van der Waals surface area contributed by atoms with Crippen molar-refractivity contribution >= 4 is 22.8 Å². The molecule has 3 aromatic rings. The van der Waals surface area contributed by atoms with Crippen molar-refractivity contribution in [2.75, 3.05) is 6.67 Å². The van der Waals surface area contributed by atoms with Crippen LogP contribution in [-0.4, -0.2) is 69.1 Å². The highest BCUT2D eigenvalue weighted by atomic mass is 19.3. The lowest BCUT2D eigenvalue weighted by Gasteiger charge is -2.33. The van der Waals surface area contributed by atoms with E-state index in [1.165, 1.54) is 13.8 Å². The lowest BCUT2D eigenvalue weighted by atomic mass is 9.81. The first-order valence-corrected chi connectivity index (χ1v) is 14.0. The van der Waals surface area contributed by atoms with Crippen molar-refractivity contribution in [3.8, 4) is 0 Å². The standard InChI is InChI=1S/C28H32F8N6O2/c1-13(38-27(44)22(32)18(30)10-29)16-3-4-20-21(9-16)40-25(39-20)23(15-5-7-28(35,36)8-6-15)41-26(43)17-11-37-42(14(17)2)12-19(31)24(33)34/h3-4,9,11,13,15,18-19,22-24H,5-8,10,12H2,1-2H3,(H,38,44)(H,39,40)(H,41,43)/t13-,18?,19?,22?,23+/m1/s1. The molecule has 1 aliphatic carbocycles. The fourth-order valence-electron chi connectivity index (χ4n) is 5.21. The molecule has 1 aromatic carbocycles. The second kappa shape index (κ2) is 13.5. The summed E-state index contributed by atoms with van der Waals surface area (Å²) in [4.78, 5) is 32.9. The Morgan fingerprint density at radius 1 is 1.09 bits per heavy atom. The molecular formula is C28H32F8N6O2. The predicted octanol–water partition coefficient (Wildman–Crippen LogP) is 5.79. The monoisotopic (exact) mass is 636 g/mol. The van der Waals surface area contributed by atoms with E-state index in [4.69, 9.17) is 0 Å². The van der Waals surface area contributed by atoms with Gasteiger partial charge >= 0.3 is 0 Å². The van der Waals surface area contributed by atoms with E-state index in [0.717, 1.165) is 10.9 Å². The first-order chi connectivity index (χ1) is 20.7. The normalized spacial score (nSPS) is 19.0. The summed E-state index contributed by atoms with van der Waals surface area (Å²) >= 11 is 0. The number of H-pyrrole nitrogens is 1. The number of amides is 2. The summed E-state index contributed by atoms with van der Waals surface area (Å²) in [5.41, 5.74) is 1.41. The maximum atomic E-state index is 14.0. The maximum Gasteiger partial charge on any atom is 0.271 e. The number of rotatable bonds is 12. The second-order valence-electron chi connectivity index (χ2n) is 11.0. The lowest BCUT2D eigenvalue weighted by molar-refractivity contribution is -0.129. The summed E-state index contributed by atoms with van der Waals surface area (Å²) in [6, 6.07) is 3.01. The Balaban J connectivity index is 1.58. The average Bonchev–Trinajstić information content (AvgIpc) is 3.57. The highest BCUT2D eigenvalue weighted by Crippen LogP contribution is 2.41. The Morgan fingerprint density at radius 3 is 2.41 bits per heavy atom. The van der Waals surface area contributed by atoms with Crippen LogP contribution in [0.2, 0.25) is 0 Å². The van der Waals surface area contributed by atoms with Crippen LogP contribution in [0, 0.1) is 12.8 Å². The van der Waals surface area contributed by atoms with E-state index in [-0.39, 0.29) is 29.9 Å². The fourth-order valence-corrected chi connectivity index (χ4v) is 5.21. The molecule has 44 heavy (non-hydrogen) atoms. The van der Waals surface area contributed by atoms with Gasteiger partial charge in [0.1, 0.15) is 12.5 Å². The topological polar surface area (TPSA) is 105 Å². The van der Waals surface area contributed by atoms with E-state index >= 15 is 0 Å². The van der Waals surface area contributed by atoms with Crippen molar-refractivity contribution in [2.24, 2.45) is 5.92 Å². The first kappa shape index (κ1) is 33.2. The van der Waals surface area contributed by atoms with Gasteiger partial charge in [-0.15, -0.1) is 0 Å². The lowest BCUT2D eigenvalue weighted by Crippen LogP contribution is -2.39. The Bertz CT molecular complexity index is 1450. The molecule has 0 radical (unpaired) electrons. The summed E-state index contributed by atoms with van der Waals surface area (Å²) in [6.45, 7) is 0.501. The van der Waals surface area contributed by atoms with E-state index in [0.29, 0.717) is 16.6 Å². The Hall–Kier alpha value is -3.72. The molecule has 4 rings (SSSR count). The summed E-state index contributed by atoms with van der Waals surface area (Å²) in [5, 5.41) is 8.91. The van der Waals surface area contributed by atoms with Gasteiger partial charge in [0.15, 0.2) is 12.3 Å². The largest absolute Gasteiger partial charge is 0.347 e. The fraction of sp³-hybridized carbons (Fsp3) is 0.571. The number of aromatic nitrogens is 4. The van der Waals surface area contributed by atoms with Crippen molar-refractivity contribution in [1.82, 2.24) is 30.4 Å². The Labute approximate surface area is 247 Å². The minimum Gasteiger partial charge on any atom is -0.347 e. The van der Waals surface area contributed by atoms with E-state index in [2.05, 4.69) is 25.7 Å². The zero-order valence-corrected chi connectivity index (χ0v) is 23.8. The number of carbonyl (C=O) groups excluding carboxylic acids is 2. The number of aromatic amines is 1. The molecule has 0 spiro atoms. The van der Waals surface area contributed by atoms with Gasteiger partial charge in [-0.3, -0.25) is 14.3 Å². The van der Waals surface area contributed by atoms with E-state index in [9.17, 15) is 44.7 Å². The maximum absolute atomic E-state index is 14.0. The highest BCUT2D eigenvalue weighted by Gasteiger charge is 2.40. The van der Waals surface area contributed by atoms with E-state index < -0.39 is 86.7 Å². The molecular weight excluding hydrogens is 604 g/mol. The third-order valence-electron chi connectivity index (χ3n) is 7.88. The number of fused-ring (bicyclic) bond motifs is 1. The van der Waals surface area contributed by atoms with Crippen molar-refractivity contribution in [3.05, 3.63) is 47.0 Å². The number of nitrogens with zero attached hydrogens (tertiary/aromatic N) is 3. The molecule has 1 aliphatic rings. The molecule has 5 atom stereocenters. The third-order valence-corrected chi connectivity index (χ3v) is 7.88. The molecule has 8 nitrogen and oxygen atoms in total. The molecule has 0 bridgehead atoms. The van der Waals surface area contributed by atoms with Crippen LogP contribution in [0.1, 0.15) is 72.1 Å². The number of hydrogen-bond acceptors (Lipinski definition) is 4. The van der Waals surface area contributed by atoms with Crippen LogP contribution < -0.4 is 10.6 Å². The van der Waals surface area contributed by atoms with Crippen molar-refractivity contribution in [2.45, 2.75) is 89.0 Å². The first-order valence-electron chi connectivity index (χ1n) is 14.0. The molecule has 16 heteroatoms. The highest BCUT2D eigenvalue weighted by molar-refractivity contribution is 5.95. The van der Waals surface area contributed by atoms with Gasteiger partial charge in [-0.25, -0.2) is 40.1 Å². The van der Waals surface area contributed by atoms with Gasteiger partial charge in [0.25, 0.3) is 18.2 Å². The van der Waals surface area contributed by atoms with Gasteiger partial charge in [0.2, 0.25) is 12.1 Å². The zero-order valence-electron chi connectivity index (χ0n) is 23.8. The van der Waals surface area contributed by atoms with Crippen molar-refractivity contribution in [1.29, 1.82) is 0 Å². The summed E-state index contributed by atoms with van der Waals surface area (Å²) in [7, 11) is 0. The van der Waals surface area contributed by atoms with Crippen molar-refractivity contribution < 1.29 is 44.7 Å². The second-order valence-corrected chi connectivity index (χ2v) is 11.0.